The number of hydrogen-bond donors (Lipinski definition) is 4. The third kappa shape index (κ3) is 46.1. The molecule has 0 bridgehead atoms. The summed E-state index contributed by atoms with van der Waals surface area (Å²) in [4.78, 5) is 18.2. The van der Waals surface area contributed by atoms with Crippen LogP contribution in [-0.4, -0.2) is 60.6 Å². The van der Waals surface area contributed by atoms with Crippen LogP contribution in [0, 0.1) is 0 Å². The predicted octanol–water partition coefficient (Wildman–Crippen LogP) is 10.4. The Morgan fingerprint density at radius 1 is 0.522 bits per heavy atom. The van der Waals surface area contributed by atoms with E-state index in [0.29, 0.717) is 26.4 Å². The number of hydrogen-bond acceptors (Lipinski definition) is 6. The molecule has 0 radical (unpaired) electrons. The largest absolute Gasteiger partial charge is 0.469 e. The fourth-order valence-electron chi connectivity index (χ4n) is 5.48. The zero-order valence-corrected chi connectivity index (χ0v) is 31.5. The predicted molar refractivity (Wildman–Crippen MR) is 195 cm³/mol. The Morgan fingerprint density at radius 3 is 1.13 bits per heavy atom. The minimum absolute atomic E-state index is 0.0972. The first kappa shape index (κ1) is 48.1. The molecular weight excluding hydrogens is 601 g/mol. The van der Waals surface area contributed by atoms with Gasteiger partial charge in [-0.1, -0.05) is 181 Å². The molecule has 0 aromatic heterocycles. The van der Waals surface area contributed by atoms with E-state index in [1.165, 1.54) is 161 Å². The van der Waals surface area contributed by atoms with Crippen molar-refractivity contribution in [3.63, 3.8) is 0 Å². The van der Waals surface area contributed by atoms with E-state index in [1.807, 2.05) is 0 Å². The molecule has 0 amide bonds. The number of nitrogens with two attached hydrogens (primary N) is 1. The van der Waals surface area contributed by atoms with Gasteiger partial charge in [-0.2, -0.15) is 0 Å². The second-order valence-electron chi connectivity index (χ2n) is 13.1. The van der Waals surface area contributed by atoms with Gasteiger partial charge in [-0.05, 0) is 12.8 Å². The van der Waals surface area contributed by atoms with Crippen LogP contribution in [-0.2, 0) is 18.6 Å². The van der Waals surface area contributed by atoms with Gasteiger partial charge in [0.05, 0.1) is 19.8 Å². The van der Waals surface area contributed by atoms with Crippen LogP contribution >= 0.6 is 7.82 Å². The van der Waals surface area contributed by atoms with Crippen LogP contribution < -0.4 is 5.73 Å². The maximum absolute atomic E-state index is 11.1. The number of phosphoric ester groups is 1. The maximum atomic E-state index is 11.1. The number of ether oxygens (including phenoxy) is 2. The van der Waals surface area contributed by atoms with Crippen LogP contribution in [0.15, 0.2) is 0 Å². The molecule has 0 saturated heterocycles. The molecule has 46 heavy (non-hydrogen) atoms. The molecule has 0 fully saturated rings. The van der Waals surface area contributed by atoms with E-state index >= 15 is 0 Å². The van der Waals surface area contributed by atoms with Crippen LogP contribution in [0.5, 0.6) is 0 Å². The summed E-state index contributed by atoms with van der Waals surface area (Å²) in [5, 5.41) is 7.75. The first-order chi connectivity index (χ1) is 22.4. The summed E-state index contributed by atoms with van der Waals surface area (Å²) in [7, 11) is -4.51. The minimum atomic E-state index is -4.51. The van der Waals surface area contributed by atoms with E-state index in [9.17, 15) is 4.57 Å². The normalized spacial score (nSPS) is 12.3. The fourth-order valence-corrected chi connectivity index (χ4v) is 5.85. The summed E-state index contributed by atoms with van der Waals surface area (Å²) < 4.78 is 27.5. The summed E-state index contributed by atoms with van der Waals surface area (Å²) in [5.74, 6) is 0. The van der Waals surface area contributed by atoms with Gasteiger partial charge in [-0.3, -0.25) is 4.52 Å². The van der Waals surface area contributed by atoms with Gasteiger partial charge in [0.15, 0.2) is 0 Å². The lowest BCUT2D eigenvalue weighted by Crippen LogP contribution is -2.26. The van der Waals surface area contributed by atoms with E-state index < -0.39 is 13.9 Å². The van der Waals surface area contributed by atoms with Crippen molar-refractivity contribution in [3.8, 4) is 0 Å². The number of aliphatic hydroxyl groups excluding tert-OH is 1. The summed E-state index contributed by atoms with van der Waals surface area (Å²) in [6.45, 7) is 6.43. The van der Waals surface area contributed by atoms with Crippen molar-refractivity contribution < 1.29 is 33.5 Å². The van der Waals surface area contributed by atoms with E-state index in [2.05, 4.69) is 13.8 Å². The van der Waals surface area contributed by atoms with Gasteiger partial charge < -0.3 is 30.1 Å². The Bertz CT molecular complexity index is 592. The molecule has 0 saturated carbocycles. The quantitative estimate of drug-likeness (QED) is 0.0376. The van der Waals surface area contributed by atoms with Crippen molar-refractivity contribution in [1.82, 2.24) is 0 Å². The molecule has 0 aliphatic heterocycles. The Morgan fingerprint density at radius 2 is 0.826 bits per heavy atom. The van der Waals surface area contributed by atoms with Gasteiger partial charge in [-0.15, -0.1) is 0 Å². The fraction of sp³-hybridized carbons (Fsp3) is 1.00. The highest BCUT2D eigenvalue weighted by Crippen LogP contribution is 2.35. The Balaban J connectivity index is 0. The van der Waals surface area contributed by atoms with Crippen LogP contribution in [0.2, 0.25) is 0 Å². The molecule has 0 aliphatic rings. The number of unbranched alkanes of at least 4 members (excludes halogenated alkanes) is 26. The highest BCUT2D eigenvalue weighted by atomic mass is 31.2. The van der Waals surface area contributed by atoms with Crippen molar-refractivity contribution in [2.45, 2.75) is 200 Å². The second kappa shape index (κ2) is 41.1. The van der Waals surface area contributed by atoms with E-state index in [-0.39, 0.29) is 13.2 Å². The SMILES string of the molecule is CCCCCCCCCCCCCCCCOC[C@H](COP(=O)(O)O)OCCCCCCCCCCCCCCCC.NCCO. The van der Waals surface area contributed by atoms with Crippen molar-refractivity contribution >= 4 is 7.82 Å². The lowest BCUT2D eigenvalue weighted by Gasteiger charge is -2.18. The number of rotatable bonds is 37. The third-order valence-electron chi connectivity index (χ3n) is 8.36. The van der Waals surface area contributed by atoms with Crippen LogP contribution in [0.3, 0.4) is 0 Å². The van der Waals surface area contributed by atoms with Gasteiger partial charge in [0.25, 0.3) is 0 Å². The van der Waals surface area contributed by atoms with Gasteiger partial charge in [0.2, 0.25) is 0 Å². The Labute approximate surface area is 285 Å². The van der Waals surface area contributed by atoms with E-state index in [0.717, 1.165) is 19.3 Å². The smallest absolute Gasteiger partial charge is 0.395 e. The van der Waals surface area contributed by atoms with Gasteiger partial charge in [-0.25, -0.2) is 4.57 Å². The molecule has 9 heteroatoms. The van der Waals surface area contributed by atoms with Crippen LogP contribution in [0.4, 0.5) is 0 Å². The summed E-state index contributed by atoms with van der Waals surface area (Å²) in [5.41, 5.74) is 4.78. The van der Waals surface area contributed by atoms with E-state index in [1.54, 1.807) is 0 Å². The van der Waals surface area contributed by atoms with Crippen molar-refractivity contribution in [1.29, 1.82) is 0 Å². The average molecular weight is 682 g/mol. The molecule has 280 valence electrons. The zero-order valence-electron chi connectivity index (χ0n) is 30.6. The van der Waals surface area contributed by atoms with Crippen LogP contribution in [0.1, 0.15) is 194 Å². The molecule has 0 heterocycles. The molecule has 0 aromatic carbocycles. The van der Waals surface area contributed by atoms with Crippen molar-refractivity contribution in [2.75, 3.05) is 39.6 Å². The monoisotopic (exact) mass is 682 g/mol. The summed E-state index contributed by atoms with van der Waals surface area (Å²) in [6, 6.07) is 0. The number of aliphatic hydroxyl groups is 1. The second-order valence-corrected chi connectivity index (χ2v) is 14.3. The average Bonchev–Trinajstić information content (AvgIpc) is 3.04. The molecule has 0 aliphatic carbocycles. The highest BCUT2D eigenvalue weighted by Gasteiger charge is 2.19. The molecule has 0 rings (SSSR count). The van der Waals surface area contributed by atoms with Gasteiger partial charge in [0, 0.05) is 19.8 Å². The van der Waals surface area contributed by atoms with Crippen molar-refractivity contribution in [3.05, 3.63) is 0 Å². The number of phosphoric acid groups is 1. The lowest BCUT2D eigenvalue weighted by atomic mass is 10.0. The van der Waals surface area contributed by atoms with E-state index in [4.69, 9.17) is 34.6 Å². The summed E-state index contributed by atoms with van der Waals surface area (Å²) in [6.07, 6.45) is 36.5. The first-order valence-electron chi connectivity index (χ1n) is 19.6. The van der Waals surface area contributed by atoms with Crippen molar-refractivity contribution in [2.24, 2.45) is 5.73 Å². The van der Waals surface area contributed by atoms with Gasteiger partial charge in [0.1, 0.15) is 6.10 Å². The molecule has 5 N–H and O–H groups in total. The molecule has 0 unspecified atom stereocenters. The minimum Gasteiger partial charge on any atom is -0.395 e. The topological polar surface area (TPSA) is 131 Å². The highest BCUT2D eigenvalue weighted by molar-refractivity contribution is 7.46. The summed E-state index contributed by atoms with van der Waals surface area (Å²) >= 11 is 0. The standard InChI is InChI=1S/C35H73O6P.C2H7NO/c1-3-5-7-9-11-13-15-17-19-21-23-25-27-29-31-39-33-35(34-41-42(36,37)38)40-32-30-28-26-24-22-20-18-16-14-12-10-8-6-4-2;3-1-2-4/h35H,3-34H2,1-2H3,(H2,36,37,38);4H,1-3H2/t35-;/m1./s1. The molecule has 0 spiro atoms. The lowest BCUT2D eigenvalue weighted by molar-refractivity contribution is -0.0429. The first-order valence-corrected chi connectivity index (χ1v) is 21.1. The molecule has 8 nitrogen and oxygen atoms in total. The van der Waals surface area contributed by atoms with Crippen LogP contribution in [0.25, 0.3) is 0 Å². The third-order valence-corrected chi connectivity index (χ3v) is 8.84. The molecular formula is C37H80NO7P. The molecule has 1 atom stereocenters. The Hall–Kier alpha value is -0.0500. The maximum Gasteiger partial charge on any atom is 0.469 e. The zero-order chi connectivity index (χ0) is 34.2. The Kier molecular flexibility index (Phi) is 43.0. The van der Waals surface area contributed by atoms with Gasteiger partial charge >= 0.3 is 7.82 Å². The molecule has 0 aromatic rings.